The number of hydrogen-bond donors (Lipinski definition) is 2. The third-order valence-corrected chi connectivity index (χ3v) is 4.76. The van der Waals surface area contributed by atoms with Gasteiger partial charge in [0, 0.05) is 10.6 Å². The SMILES string of the molecule is CC.COC(=O)C(O)C(Sc1ccccc1N)c1ccc(OC)cc1. The minimum absolute atomic E-state index is 0.543. The summed E-state index contributed by atoms with van der Waals surface area (Å²) in [5, 5.41) is 9.80. The van der Waals surface area contributed by atoms with Crippen molar-refractivity contribution in [2.45, 2.75) is 30.1 Å². The summed E-state index contributed by atoms with van der Waals surface area (Å²) in [6.07, 6.45) is -1.31. The van der Waals surface area contributed by atoms with E-state index in [4.69, 9.17) is 10.5 Å². The molecular weight excluding hydrogens is 338 g/mol. The molecule has 6 heteroatoms. The lowest BCUT2D eigenvalue weighted by Crippen LogP contribution is -2.27. The number of benzene rings is 2. The number of carbonyl (C=O) groups is 1. The number of carbonyl (C=O) groups excluding carboxylic acids is 1. The number of rotatable bonds is 6. The molecule has 2 aromatic rings. The first-order valence-electron chi connectivity index (χ1n) is 7.97. The van der Waals surface area contributed by atoms with Crippen molar-refractivity contribution in [3.05, 3.63) is 54.1 Å². The third kappa shape index (κ3) is 5.69. The number of nitrogen functional groups attached to an aromatic ring is 1. The molecular formula is C19H25NO4S. The van der Waals surface area contributed by atoms with E-state index in [1.54, 1.807) is 25.3 Å². The zero-order valence-corrected chi connectivity index (χ0v) is 15.7. The van der Waals surface area contributed by atoms with E-state index in [1.807, 2.05) is 44.2 Å². The van der Waals surface area contributed by atoms with E-state index in [9.17, 15) is 9.90 Å². The maximum atomic E-state index is 11.8. The molecule has 0 spiro atoms. The number of esters is 1. The van der Waals surface area contributed by atoms with E-state index in [0.717, 1.165) is 10.5 Å². The van der Waals surface area contributed by atoms with Gasteiger partial charge < -0.3 is 20.3 Å². The van der Waals surface area contributed by atoms with Gasteiger partial charge in [0.2, 0.25) is 0 Å². The molecule has 25 heavy (non-hydrogen) atoms. The fraction of sp³-hybridized carbons (Fsp3) is 0.316. The van der Waals surface area contributed by atoms with Gasteiger partial charge in [-0.25, -0.2) is 4.79 Å². The molecule has 0 saturated heterocycles. The van der Waals surface area contributed by atoms with Crippen molar-refractivity contribution in [3.8, 4) is 5.75 Å². The number of nitrogens with two attached hydrogens (primary N) is 1. The number of ether oxygens (including phenoxy) is 2. The summed E-state index contributed by atoms with van der Waals surface area (Å²) in [5.74, 6) is 0.0112. The number of aliphatic hydroxyl groups is 1. The van der Waals surface area contributed by atoms with Crippen LogP contribution in [0.4, 0.5) is 5.69 Å². The molecule has 0 bridgehead atoms. The van der Waals surface area contributed by atoms with Crippen LogP contribution >= 0.6 is 11.8 Å². The molecule has 2 unspecified atom stereocenters. The van der Waals surface area contributed by atoms with Crippen LogP contribution in [0, 0.1) is 0 Å². The van der Waals surface area contributed by atoms with Gasteiger partial charge in [0.15, 0.2) is 6.10 Å². The second kappa shape index (κ2) is 10.6. The zero-order chi connectivity index (χ0) is 18.8. The average Bonchev–Trinajstić information content (AvgIpc) is 2.68. The fourth-order valence-corrected chi connectivity index (χ4v) is 3.25. The molecule has 0 fully saturated rings. The van der Waals surface area contributed by atoms with Crippen molar-refractivity contribution in [2.24, 2.45) is 0 Å². The summed E-state index contributed by atoms with van der Waals surface area (Å²) in [7, 11) is 2.83. The average molecular weight is 363 g/mol. The Morgan fingerprint density at radius 1 is 1.08 bits per heavy atom. The fourth-order valence-electron chi connectivity index (χ4n) is 2.08. The van der Waals surface area contributed by atoms with E-state index < -0.39 is 17.3 Å². The Bertz CT molecular complexity index is 661. The van der Waals surface area contributed by atoms with Gasteiger partial charge in [0.25, 0.3) is 0 Å². The van der Waals surface area contributed by atoms with Crippen LogP contribution in [0.15, 0.2) is 53.4 Å². The molecule has 2 atom stereocenters. The Balaban J connectivity index is 0.00000151. The van der Waals surface area contributed by atoms with E-state index in [1.165, 1.54) is 18.9 Å². The van der Waals surface area contributed by atoms with Crippen molar-refractivity contribution in [2.75, 3.05) is 20.0 Å². The maximum absolute atomic E-state index is 11.8. The summed E-state index contributed by atoms with van der Waals surface area (Å²) < 4.78 is 9.80. The summed E-state index contributed by atoms with van der Waals surface area (Å²) >= 11 is 1.32. The van der Waals surface area contributed by atoms with Gasteiger partial charge in [-0.1, -0.05) is 38.1 Å². The van der Waals surface area contributed by atoms with E-state index in [-0.39, 0.29) is 0 Å². The first-order chi connectivity index (χ1) is 12.1. The molecule has 0 heterocycles. The van der Waals surface area contributed by atoms with Crippen LogP contribution in [-0.2, 0) is 9.53 Å². The molecule has 0 radical (unpaired) electrons. The van der Waals surface area contributed by atoms with E-state index >= 15 is 0 Å². The highest BCUT2D eigenvalue weighted by Crippen LogP contribution is 2.40. The molecule has 0 aromatic heterocycles. The second-order valence-electron chi connectivity index (χ2n) is 4.82. The Labute approximate surface area is 153 Å². The summed E-state index contributed by atoms with van der Waals surface area (Å²) in [6, 6.07) is 14.5. The lowest BCUT2D eigenvalue weighted by molar-refractivity contribution is -0.150. The summed E-state index contributed by atoms with van der Waals surface area (Å²) in [5.41, 5.74) is 7.33. The second-order valence-corrected chi connectivity index (χ2v) is 6.00. The van der Waals surface area contributed by atoms with Gasteiger partial charge in [-0.2, -0.15) is 0 Å². The van der Waals surface area contributed by atoms with Crippen LogP contribution in [0.1, 0.15) is 24.7 Å². The Hall–Kier alpha value is -2.18. The topological polar surface area (TPSA) is 81.8 Å². The summed E-state index contributed by atoms with van der Waals surface area (Å²) in [4.78, 5) is 12.6. The molecule has 0 aliphatic rings. The smallest absolute Gasteiger partial charge is 0.336 e. The molecule has 3 N–H and O–H groups in total. The van der Waals surface area contributed by atoms with Gasteiger partial charge in [-0.15, -0.1) is 11.8 Å². The van der Waals surface area contributed by atoms with Gasteiger partial charge >= 0.3 is 5.97 Å². The lowest BCUT2D eigenvalue weighted by Gasteiger charge is -2.22. The zero-order valence-electron chi connectivity index (χ0n) is 14.9. The third-order valence-electron chi connectivity index (χ3n) is 3.35. The first-order valence-corrected chi connectivity index (χ1v) is 8.85. The van der Waals surface area contributed by atoms with Crippen molar-refractivity contribution >= 4 is 23.4 Å². The number of methoxy groups -OCH3 is 2. The van der Waals surface area contributed by atoms with Gasteiger partial charge in [0.1, 0.15) is 5.75 Å². The van der Waals surface area contributed by atoms with Crippen LogP contribution in [0.5, 0.6) is 5.75 Å². The molecule has 0 aliphatic heterocycles. The van der Waals surface area contributed by atoms with Crippen LogP contribution < -0.4 is 10.5 Å². The molecule has 2 rings (SSSR count). The monoisotopic (exact) mass is 363 g/mol. The molecule has 0 saturated carbocycles. The van der Waals surface area contributed by atoms with Crippen LogP contribution in [0.2, 0.25) is 0 Å². The molecule has 0 aliphatic carbocycles. The summed E-state index contributed by atoms with van der Waals surface area (Å²) in [6.45, 7) is 4.00. The first kappa shape index (κ1) is 20.9. The van der Waals surface area contributed by atoms with Gasteiger partial charge in [-0.3, -0.25) is 0 Å². The number of para-hydroxylation sites is 1. The molecule has 0 amide bonds. The van der Waals surface area contributed by atoms with E-state index in [2.05, 4.69) is 4.74 Å². The van der Waals surface area contributed by atoms with Crippen molar-refractivity contribution in [1.29, 1.82) is 0 Å². The standard InChI is InChI=1S/C17H19NO4S.C2H6/c1-21-12-9-7-11(8-10-12)16(15(19)17(20)22-2)23-14-6-4-3-5-13(14)18;1-2/h3-10,15-16,19H,18H2,1-2H3;1-2H3. The Morgan fingerprint density at radius 3 is 2.20 bits per heavy atom. The van der Waals surface area contributed by atoms with Crippen molar-refractivity contribution in [3.63, 3.8) is 0 Å². The maximum Gasteiger partial charge on any atom is 0.336 e. The predicted octanol–water partition coefficient (Wildman–Crippen LogP) is 3.67. The Morgan fingerprint density at radius 2 is 1.68 bits per heavy atom. The van der Waals surface area contributed by atoms with E-state index in [0.29, 0.717) is 11.4 Å². The number of anilines is 1. The minimum atomic E-state index is -1.31. The Kier molecular flexibility index (Phi) is 8.88. The van der Waals surface area contributed by atoms with Crippen molar-refractivity contribution in [1.82, 2.24) is 0 Å². The number of aliphatic hydroxyl groups excluding tert-OH is 1. The quantitative estimate of drug-likeness (QED) is 0.463. The minimum Gasteiger partial charge on any atom is -0.497 e. The highest BCUT2D eigenvalue weighted by atomic mass is 32.2. The molecule has 5 nitrogen and oxygen atoms in total. The van der Waals surface area contributed by atoms with Crippen molar-refractivity contribution < 1.29 is 19.4 Å². The molecule has 2 aromatic carbocycles. The predicted molar refractivity (Wildman–Crippen MR) is 102 cm³/mol. The number of thioether (sulfide) groups is 1. The van der Waals surface area contributed by atoms with Crippen LogP contribution in [0.3, 0.4) is 0 Å². The largest absolute Gasteiger partial charge is 0.497 e. The normalized spacial score (nSPS) is 12.4. The molecule has 136 valence electrons. The van der Waals surface area contributed by atoms with Crippen LogP contribution in [-0.4, -0.2) is 31.4 Å². The van der Waals surface area contributed by atoms with Gasteiger partial charge in [0.05, 0.1) is 19.5 Å². The van der Waals surface area contributed by atoms with Gasteiger partial charge in [-0.05, 0) is 29.8 Å². The lowest BCUT2D eigenvalue weighted by atomic mass is 10.1. The highest BCUT2D eigenvalue weighted by Gasteiger charge is 2.30. The highest BCUT2D eigenvalue weighted by molar-refractivity contribution is 7.99. The van der Waals surface area contributed by atoms with Crippen LogP contribution in [0.25, 0.3) is 0 Å². The number of hydrogen-bond acceptors (Lipinski definition) is 6.